The lowest BCUT2D eigenvalue weighted by Gasteiger charge is -2.16. The minimum absolute atomic E-state index is 0.250. The number of benzene rings is 1. The van der Waals surface area contributed by atoms with Crippen LogP contribution in [-0.4, -0.2) is 24.8 Å². The Bertz CT molecular complexity index is 299. The first-order chi connectivity index (χ1) is 6.81. The molecule has 2 rings (SSSR count). The van der Waals surface area contributed by atoms with Crippen molar-refractivity contribution in [2.45, 2.75) is 5.92 Å². The maximum Gasteiger partial charge on any atom is 0.0477 e. The summed E-state index contributed by atoms with van der Waals surface area (Å²) in [6, 6.07) is 7.90. The molecule has 2 atom stereocenters. The van der Waals surface area contributed by atoms with Crippen LogP contribution in [0, 0.1) is 5.92 Å². The summed E-state index contributed by atoms with van der Waals surface area (Å²) in [6.07, 6.45) is 0. The highest BCUT2D eigenvalue weighted by Crippen LogP contribution is 2.28. The van der Waals surface area contributed by atoms with E-state index in [4.69, 9.17) is 11.6 Å². The van der Waals surface area contributed by atoms with Crippen molar-refractivity contribution in [3.8, 4) is 0 Å². The van der Waals surface area contributed by atoms with E-state index in [0.29, 0.717) is 11.8 Å². The molecule has 1 fully saturated rings. The van der Waals surface area contributed by atoms with Crippen LogP contribution in [0.4, 0.5) is 0 Å². The molecule has 1 aliphatic rings. The normalized spacial score (nSPS) is 26.7. The van der Waals surface area contributed by atoms with Crippen LogP contribution >= 0.6 is 11.6 Å². The molecule has 0 saturated carbocycles. The van der Waals surface area contributed by atoms with Crippen molar-refractivity contribution in [3.63, 3.8) is 0 Å². The molecule has 0 amide bonds. The van der Waals surface area contributed by atoms with Gasteiger partial charge in [0.25, 0.3) is 0 Å². The lowest BCUT2D eigenvalue weighted by molar-refractivity contribution is 0.226. The van der Waals surface area contributed by atoms with E-state index < -0.39 is 0 Å². The third-order valence-electron chi connectivity index (χ3n) is 2.87. The number of hydrogen-bond acceptors (Lipinski definition) is 2. The summed E-state index contributed by atoms with van der Waals surface area (Å²) in [4.78, 5) is 0. The second-order valence-corrected chi connectivity index (χ2v) is 4.20. The zero-order valence-corrected chi connectivity index (χ0v) is 8.67. The van der Waals surface area contributed by atoms with Crippen molar-refractivity contribution in [2.75, 3.05) is 19.7 Å². The van der Waals surface area contributed by atoms with Crippen LogP contribution < -0.4 is 5.32 Å². The number of halogens is 1. The summed E-state index contributed by atoms with van der Waals surface area (Å²) in [5.41, 5.74) is 1.26. The molecule has 1 heterocycles. The van der Waals surface area contributed by atoms with Gasteiger partial charge < -0.3 is 10.4 Å². The molecule has 0 radical (unpaired) electrons. The molecule has 14 heavy (non-hydrogen) atoms. The van der Waals surface area contributed by atoms with Crippen molar-refractivity contribution in [3.05, 3.63) is 34.9 Å². The van der Waals surface area contributed by atoms with E-state index in [1.807, 2.05) is 24.3 Å². The Balaban J connectivity index is 2.17. The Labute approximate surface area is 88.9 Å². The fraction of sp³-hybridized carbons (Fsp3) is 0.455. The second kappa shape index (κ2) is 4.30. The van der Waals surface area contributed by atoms with Gasteiger partial charge in [0.1, 0.15) is 0 Å². The van der Waals surface area contributed by atoms with Crippen LogP contribution in [-0.2, 0) is 0 Å². The van der Waals surface area contributed by atoms with E-state index in [2.05, 4.69) is 5.32 Å². The molecule has 0 bridgehead atoms. The van der Waals surface area contributed by atoms with Gasteiger partial charge in [0.05, 0.1) is 0 Å². The first kappa shape index (κ1) is 9.97. The van der Waals surface area contributed by atoms with Gasteiger partial charge in [0.2, 0.25) is 0 Å². The van der Waals surface area contributed by atoms with Gasteiger partial charge in [-0.05, 0) is 17.7 Å². The van der Waals surface area contributed by atoms with Crippen molar-refractivity contribution in [1.29, 1.82) is 0 Å². The minimum atomic E-state index is 0.250. The molecule has 1 saturated heterocycles. The SMILES string of the molecule is OC[C@@H]1CNC[C@@H]1c1ccc(Cl)cc1. The van der Waals surface area contributed by atoms with Gasteiger partial charge in [-0.15, -0.1) is 0 Å². The molecule has 0 spiro atoms. The van der Waals surface area contributed by atoms with Crippen LogP contribution in [0.3, 0.4) is 0 Å². The summed E-state index contributed by atoms with van der Waals surface area (Å²) in [6.45, 7) is 2.11. The van der Waals surface area contributed by atoms with Gasteiger partial charge in [0, 0.05) is 36.6 Å². The van der Waals surface area contributed by atoms with Gasteiger partial charge in [-0.1, -0.05) is 23.7 Å². The van der Waals surface area contributed by atoms with Crippen LogP contribution in [0.2, 0.25) is 5.02 Å². The van der Waals surface area contributed by atoms with E-state index >= 15 is 0 Å². The van der Waals surface area contributed by atoms with Crippen molar-refractivity contribution < 1.29 is 5.11 Å². The predicted octanol–water partition coefficient (Wildman–Crippen LogP) is 1.64. The lowest BCUT2D eigenvalue weighted by Crippen LogP contribution is -2.14. The van der Waals surface area contributed by atoms with Crippen LogP contribution in [0.1, 0.15) is 11.5 Å². The number of aliphatic hydroxyl groups excluding tert-OH is 1. The molecule has 1 aromatic rings. The maximum absolute atomic E-state index is 9.19. The number of rotatable bonds is 2. The van der Waals surface area contributed by atoms with Gasteiger partial charge in [-0.2, -0.15) is 0 Å². The van der Waals surface area contributed by atoms with Crippen molar-refractivity contribution >= 4 is 11.6 Å². The zero-order chi connectivity index (χ0) is 9.97. The highest BCUT2D eigenvalue weighted by atomic mass is 35.5. The van der Waals surface area contributed by atoms with Crippen molar-refractivity contribution in [1.82, 2.24) is 5.32 Å². The van der Waals surface area contributed by atoms with Gasteiger partial charge in [0.15, 0.2) is 0 Å². The molecule has 0 aromatic heterocycles. The fourth-order valence-corrected chi connectivity index (χ4v) is 2.15. The molecular formula is C11H14ClNO. The molecule has 1 aliphatic heterocycles. The highest BCUT2D eigenvalue weighted by Gasteiger charge is 2.27. The Morgan fingerprint density at radius 3 is 2.64 bits per heavy atom. The monoisotopic (exact) mass is 211 g/mol. The Kier molecular flexibility index (Phi) is 3.06. The van der Waals surface area contributed by atoms with E-state index in [9.17, 15) is 5.11 Å². The summed E-state index contributed by atoms with van der Waals surface area (Å²) >= 11 is 5.82. The number of hydrogen-bond donors (Lipinski definition) is 2. The molecule has 2 N–H and O–H groups in total. The van der Waals surface area contributed by atoms with Gasteiger partial charge in [-0.25, -0.2) is 0 Å². The fourth-order valence-electron chi connectivity index (χ4n) is 2.02. The highest BCUT2D eigenvalue weighted by molar-refractivity contribution is 6.30. The second-order valence-electron chi connectivity index (χ2n) is 3.76. The summed E-state index contributed by atoms with van der Waals surface area (Å²) in [7, 11) is 0. The Morgan fingerprint density at radius 1 is 1.29 bits per heavy atom. The largest absolute Gasteiger partial charge is 0.396 e. The average Bonchev–Trinajstić information content (AvgIpc) is 2.67. The Morgan fingerprint density at radius 2 is 2.00 bits per heavy atom. The van der Waals surface area contributed by atoms with E-state index in [1.54, 1.807) is 0 Å². The van der Waals surface area contributed by atoms with Crippen LogP contribution in [0.5, 0.6) is 0 Å². The summed E-state index contributed by atoms with van der Waals surface area (Å²) in [5.74, 6) is 0.772. The van der Waals surface area contributed by atoms with Crippen LogP contribution in [0.25, 0.3) is 0 Å². The lowest BCUT2D eigenvalue weighted by atomic mass is 9.90. The molecule has 0 unspecified atom stereocenters. The first-order valence-corrected chi connectivity index (χ1v) is 5.26. The number of aliphatic hydroxyl groups is 1. The smallest absolute Gasteiger partial charge is 0.0477 e. The summed E-state index contributed by atoms with van der Waals surface area (Å²) < 4.78 is 0. The zero-order valence-electron chi connectivity index (χ0n) is 7.91. The standard InChI is InChI=1S/C11H14ClNO/c12-10-3-1-8(2-4-10)11-6-13-5-9(11)7-14/h1-4,9,11,13-14H,5-7H2/t9-,11+/m0/s1. The predicted molar refractivity (Wildman–Crippen MR) is 57.6 cm³/mol. The minimum Gasteiger partial charge on any atom is -0.396 e. The van der Waals surface area contributed by atoms with E-state index in [0.717, 1.165) is 18.1 Å². The topological polar surface area (TPSA) is 32.3 Å². The molecule has 0 aliphatic carbocycles. The average molecular weight is 212 g/mol. The Hall–Kier alpha value is -0.570. The summed E-state index contributed by atoms with van der Waals surface area (Å²) in [5, 5.41) is 13.2. The molecule has 3 heteroatoms. The third kappa shape index (κ3) is 1.92. The molecular weight excluding hydrogens is 198 g/mol. The first-order valence-electron chi connectivity index (χ1n) is 4.88. The third-order valence-corrected chi connectivity index (χ3v) is 3.12. The van der Waals surface area contributed by atoms with Crippen LogP contribution in [0.15, 0.2) is 24.3 Å². The van der Waals surface area contributed by atoms with E-state index in [1.165, 1.54) is 5.56 Å². The van der Waals surface area contributed by atoms with Gasteiger partial charge in [-0.3, -0.25) is 0 Å². The van der Waals surface area contributed by atoms with E-state index in [-0.39, 0.29) is 6.61 Å². The van der Waals surface area contributed by atoms with Crippen molar-refractivity contribution in [2.24, 2.45) is 5.92 Å². The van der Waals surface area contributed by atoms with Gasteiger partial charge >= 0.3 is 0 Å². The number of nitrogens with one attached hydrogen (secondary N) is 1. The quantitative estimate of drug-likeness (QED) is 0.780. The molecule has 76 valence electrons. The maximum atomic E-state index is 9.19. The molecule has 1 aromatic carbocycles. The molecule has 2 nitrogen and oxygen atoms in total.